The fourth-order valence-corrected chi connectivity index (χ4v) is 5.99. The van der Waals surface area contributed by atoms with E-state index in [0.717, 1.165) is 12.8 Å². The first kappa shape index (κ1) is 24.4. The van der Waals surface area contributed by atoms with Crippen molar-refractivity contribution in [1.29, 1.82) is 0 Å². The van der Waals surface area contributed by atoms with Crippen molar-refractivity contribution in [2.24, 2.45) is 5.92 Å². The lowest BCUT2D eigenvalue weighted by Gasteiger charge is -2.33. The third-order valence-electron chi connectivity index (χ3n) is 5.98. The molecular weight excluding hydrogens is 430 g/mol. The zero-order valence-electron chi connectivity index (χ0n) is 19.1. The Morgan fingerprint density at radius 3 is 2.47 bits per heavy atom. The first-order valence-corrected chi connectivity index (χ1v) is 12.5. The molecule has 2 aromatic rings. The van der Waals surface area contributed by atoms with Crippen molar-refractivity contribution in [1.82, 2.24) is 14.4 Å². The van der Waals surface area contributed by atoms with Gasteiger partial charge in [0.15, 0.2) is 5.76 Å². The van der Waals surface area contributed by atoms with E-state index >= 15 is 0 Å². The Bertz CT molecular complexity index is 963. The molecule has 32 heavy (non-hydrogen) atoms. The maximum absolute atomic E-state index is 13.2. The van der Waals surface area contributed by atoms with Crippen LogP contribution in [0.2, 0.25) is 0 Å². The summed E-state index contributed by atoms with van der Waals surface area (Å²) in [5.41, 5.74) is 1.62. The van der Waals surface area contributed by atoms with Gasteiger partial charge in [-0.25, -0.2) is 8.42 Å². The second-order valence-corrected chi connectivity index (χ2v) is 10.1. The van der Waals surface area contributed by atoms with Crippen molar-refractivity contribution in [3.63, 3.8) is 0 Å². The molecule has 0 atom stereocenters. The summed E-state index contributed by atoms with van der Waals surface area (Å²) in [5.74, 6) is 0.203. The smallest absolute Gasteiger partial charge is 0.248 e. The monoisotopic (exact) mass is 463 g/mol. The van der Waals surface area contributed by atoms with Crippen LogP contribution in [0.1, 0.15) is 36.3 Å². The number of nitrogens with zero attached hydrogens (tertiary/aromatic N) is 3. The molecule has 0 N–H and O–H groups in total. The van der Waals surface area contributed by atoms with Crippen LogP contribution >= 0.6 is 0 Å². The maximum Gasteiger partial charge on any atom is 0.248 e. The quantitative estimate of drug-likeness (QED) is 0.538. The third kappa shape index (κ3) is 5.76. The minimum atomic E-state index is -3.68. The molecule has 1 saturated heterocycles. The molecule has 0 bridgehead atoms. The van der Waals surface area contributed by atoms with Gasteiger partial charge in [-0.1, -0.05) is 35.5 Å². The van der Waals surface area contributed by atoms with Crippen molar-refractivity contribution in [3.8, 4) is 0 Å². The van der Waals surface area contributed by atoms with Gasteiger partial charge in [0, 0.05) is 39.2 Å². The molecular formula is C23H33N3O5S. The Hall–Kier alpha value is -2.23. The van der Waals surface area contributed by atoms with E-state index in [9.17, 15) is 13.2 Å². The molecule has 1 amide bonds. The van der Waals surface area contributed by atoms with Gasteiger partial charge in [0.1, 0.15) is 10.6 Å². The molecule has 3 rings (SSSR count). The second-order valence-electron chi connectivity index (χ2n) is 8.24. The zero-order valence-corrected chi connectivity index (χ0v) is 19.9. The highest BCUT2D eigenvalue weighted by atomic mass is 32.2. The van der Waals surface area contributed by atoms with Gasteiger partial charge in [0.2, 0.25) is 15.9 Å². The van der Waals surface area contributed by atoms with Gasteiger partial charge in [-0.05, 0) is 45.1 Å². The molecule has 1 aromatic heterocycles. The van der Waals surface area contributed by atoms with Gasteiger partial charge in [-0.2, -0.15) is 4.31 Å². The van der Waals surface area contributed by atoms with E-state index in [2.05, 4.69) is 17.3 Å². The highest BCUT2D eigenvalue weighted by Crippen LogP contribution is 2.28. The largest absolute Gasteiger partial charge is 0.383 e. The lowest BCUT2D eigenvalue weighted by atomic mass is 9.96. The minimum absolute atomic E-state index is 0.0875. The third-order valence-corrected chi connectivity index (χ3v) is 8.13. The number of carbonyl (C=O) groups is 1. The predicted molar refractivity (Wildman–Crippen MR) is 121 cm³/mol. The number of sulfonamides is 1. The number of aromatic nitrogens is 1. The van der Waals surface area contributed by atoms with E-state index < -0.39 is 10.0 Å². The van der Waals surface area contributed by atoms with Crippen molar-refractivity contribution in [3.05, 3.63) is 47.3 Å². The number of amides is 1. The Balaban J connectivity index is 1.58. The number of hydrogen-bond donors (Lipinski definition) is 0. The first-order chi connectivity index (χ1) is 15.3. The van der Waals surface area contributed by atoms with Gasteiger partial charge in [0.05, 0.1) is 6.61 Å². The van der Waals surface area contributed by atoms with Crippen LogP contribution in [0.5, 0.6) is 0 Å². The number of methoxy groups -OCH3 is 1. The Kier molecular flexibility index (Phi) is 8.44. The maximum atomic E-state index is 13.2. The standard InChI is InChI=1S/C23H33N3O5S/c1-18-22(19(2)31-24-18)32(28,29)26-14-11-21(12-15-26)23(27)25(16-17-30-3)13-7-10-20-8-5-4-6-9-20/h4-6,8-9,21H,7,10-17H2,1-3H3. The van der Waals surface area contributed by atoms with Crippen LogP contribution in [-0.2, 0) is 26.0 Å². The Morgan fingerprint density at radius 2 is 1.88 bits per heavy atom. The molecule has 1 aliphatic rings. The average Bonchev–Trinajstić information content (AvgIpc) is 3.15. The van der Waals surface area contributed by atoms with Crippen LogP contribution in [0.3, 0.4) is 0 Å². The topological polar surface area (TPSA) is 93.0 Å². The van der Waals surface area contributed by atoms with E-state index in [1.807, 2.05) is 23.1 Å². The van der Waals surface area contributed by atoms with Gasteiger partial charge < -0.3 is 14.2 Å². The van der Waals surface area contributed by atoms with Crippen LogP contribution in [0.25, 0.3) is 0 Å². The molecule has 1 fully saturated rings. The molecule has 0 aliphatic carbocycles. The summed E-state index contributed by atoms with van der Waals surface area (Å²) in [7, 11) is -2.05. The van der Waals surface area contributed by atoms with Crippen molar-refractivity contribution >= 4 is 15.9 Å². The predicted octanol–water partition coefficient (Wildman–Crippen LogP) is 2.80. The number of hydrogen-bond acceptors (Lipinski definition) is 6. The molecule has 176 valence electrons. The van der Waals surface area contributed by atoms with Gasteiger partial charge >= 0.3 is 0 Å². The number of aryl methyl sites for hydroxylation is 3. The lowest BCUT2D eigenvalue weighted by molar-refractivity contribution is -0.137. The summed E-state index contributed by atoms with van der Waals surface area (Å²) < 4.78 is 37.8. The number of rotatable bonds is 10. The summed E-state index contributed by atoms with van der Waals surface area (Å²) >= 11 is 0. The fourth-order valence-electron chi connectivity index (χ4n) is 4.23. The van der Waals surface area contributed by atoms with Crippen molar-refractivity contribution in [2.45, 2.75) is 44.4 Å². The van der Waals surface area contributed by atoms with E-state index in [0.29, 0.717) is 57.1 Å². The van der Waals surface area contributed by atoms with E-state index in [4.69, 9.17) is 9.26 Å². The van der Waals surface area contributed by atoms with Gasteiger partial charge in [-0.15, -0.1) is 0 Å². The summed E-state index contributed by atoms with van der Waals surface area (Å²) in [6.07, 6.45) is 2.79. The highest BCUT2D eigenvalue weighted by molar-refractivity contribution is 7.89. The number of benzene rings is 1. The van der Waals surface area contributed by atoms with Crippen LogP contribution in [0.15, 0.2) is 39.8 Å². The Labute approximate surface area is 190 Å². The van der Waals surface area contributed by atoms with Gasteiger partial charge in [-0.3, -0.25) is 4.79 Å². The molecule has 0 saturated carbocycles. The molecule has 0 spiro atoms. The zero-order chi connectivity index (χ0) is 23.1. The molecule has 8 nitrogen and oxygen atoms in total. The van der Waals surface area contributed by atoms with E-state index in [1.165, 1.54) is 9.87 Å². The molecule has 0 radical (unpaired) electrons. The van der Waals surface area contributed by atoms with Crippen molar-refractivity contribution < 1.29 is 22.5 Å². The summed E-state index contributed by atoms with van der Waals surface area (Å²) in [5, 5.41) is 3.77. The highest BCUT2D eigenvalue weighted by Gasteiger charge is 2.36. The van der Waals surface area contributed by atoms with E-state index in [-0.39, 0.29) is 16.7 Å². The molecule has 1 aromatic carbocycles. The lowest BCUT2D eigenvalue weighted by Crippen LogP contribution is -2.45. The van der Waals surface area contributed by atoms with Crippen LogP contribution < -0.4 is 0 Å². The molecule has 1 aliphatic heterocycles. The summed E-state index contributed by atoms with van der Waals surface area (Å²) in [4.78, 5) is 15.2. The van der Waals surface area contributed by atoms with Crippen LogP contribution in [0, 0.1) is 19.8 Å². The minimum Gasteiger partial charge on any atom is -0.383 e. The van der Waals surface area contributed by atoms with E-state index in [1.54, 1.807) is 21.0 Å². The van der Waals surface area contributed by atoms with Crippen molar-refractivity contribution in [2.75, 3.05) is 39.9 Å². The van der Waals surface area contributed by atoms with Gasteiger partial charge in [0.25, 0.3) is 0 Å². The SMILES string of the molecule is COCCN(CCCc1ccccc1)C(=O)C1CCN(S(=O)(=O)c2c(C)noc2C)CC1. The summed E-state index contributed by atoms with van der Waals surface area (Å²) in [6, 6.07) is 10.2. The molecule has 9 heteroatoms. The Morgan fingerprint density at radius 1 is 1.19 bits per heavy atom. The summed E-state index contributed by atoms with van der Waals surface area (Å²) in [6.45, 7) is 5.54. The number of ether oxygens (including phenoxy) is 1. The van der Waals surface area contributed by atoms with Crippen LogP contribution in [0.4, 0.5) is 0 Å². The second kappa shape index (κ2) is 11.1. The first-order valence-electron chi connectivity index (χ1n) is 11.1. The fraction of sp³-hybridized carbons (Fsp3) is 0.565. The molecule has 0 unspecified atom stereocenters. The molecule has 2 heterocycles. The normalized spacial score (nSPS) is 15.7. The number of carbonyl (C=O) groups excluding carboxylic acids is 1. The van der Waals surface area contributed by atoms with Crippen LogP contribution in [-0.4, -0.2) is 68.6 Å². The average molecular weight is 464 g/mol. The number of piperidine rings is 1.